The Hall–Kier alpha value is -2.56. The van der Waals surface area contributed by atoms with E-state index < -0.39 is 0 Å². The first kappa shape index (κ1) is 13.9. The molecule has 0 N–H and O–H groups in total. The van der Waals surface area contributed by atoms with Gasteiger partial charge in [0.2, 0.25) is 5.88 Å². The molecule has 0 saturated carbocycles. The van der Waals surface area contributed by atoms with Crippen molar-refractivity contribution in [1.82, 2.24) is 4.98 Å². The molecular formula is C15H10ClN3O. The standard InChI is InChI=1S/C15H10ClN3O/c1-2-20-15-12(9-18)13(10-6-4-3-5-7-10)11(8-17)14(16)19-15/h3-7H,2H2,1H3. The Kier molecular flexibility index (Phi) is 4.20. The summed E-state index contributed by atoms with van der Waals surface area (Å²) in [6.45, 7) is 2.15. The molecule has 0 aliphatic carbocycles. The van der Waals surface area contributed by atoms with E-state index in [1.807, 2.05) is 36.4 Å². The Morgan fingerprint density at radius 3 is 2.35 bits per heavy atom. The van der Waals surface area contributed by atoms with Gasteiger partial charge in [0.1, 0.15) is 17.7 Å². The highest BCUT2D eigenvalue weighted by molar-refractivity contribution is 6.31. The second-order valence-electron chi connectivity index (χ2n) is 3.86. The van der Waals surface area contributed by atoms with Crippen molar-refractivity contribution in [3.05, 3.63) is 46.6 Å². The monoisotopic (exact) mass is 283 g/mol. The Balaban J connectivity index is 2.83. The summed E-state index contributed by atoms with van der Waals surface area (Å²) in [4.78, 5) is 3.99. The summed E-state index contributed by atoms with van der Waals surface area (Å²) in [6, 6.07) is 13.2. The molecule has 0 fully saturated rings. The molecule has 5 heteroatoms. The lowest BCUT2D eigenvalue weighted by molar-refractivity contribution is 0.326. The van der Waals surface area contributed by atoms with E-state index in [9.17, 15) is 10.5 Å². The zero-order valence-electron chi connectivity index (χ0n) is 10.7. The van der Waals surface area contributed by atoms with Crippen LogP contribution < -0.4 is 4.74 Å². The lowest BCUT2D eigenvalue weighted by atomic mass is 9.97. The number of halogens is 1. The van der Waals surface area contributed by atoms with Crippen LogP contribution >= 0.6 is 11.6 Å². The summed E-state index contributed by atoms with van der Waals surface area (Å²) in [7, 11) is 0. The van der Waals surface area contributed by atoms with Gasteiger partial charge in [-0.1, -0.05) is 41.9 Å². The molecule has 0 saturated heterocycles. The van der Waals surface area contributed by atoms with Gasteiger partial charge in [-0.3, -0.25) is 0 Å². The van der Waals surface area contributed by atoms with E-state index in [1.54, 1.807) is 6.92 Å². The average molecular weight is 284 g/mol. The smallest absolute Gasteiger partial charge is 0.233 e. The third-order valence-corrected chi connectivity index (χ3v) is 2.96. The highest BCUT2D eigenvalue weighted by Gasteiger charge is 2.21. The molecular weight excluding hydrogens is 274 g/mol. The maximum atomic E-state index is 9.38. The number of aromatic nitrogens is 1. The number of ether oxygens (including phenoxy) is 1. The quantitative estimate of drug-likeness (QED) is 0.808. The normalized spacial score (nSPS) is 9.60. The van der Waals surface area contributed by atoms with Gasteiger partial charge in [0.15, 0.2) is 5.15 Å². The lowest BCUT2D eigenvalue weighted by Gasteiger charge is -2.12. The number of pyridine rings is 1. The molecule has 4 nitrogen and oxygen atoms in total. The Morgan fingerprint density at radius 2 is 1.80 bits per heavy atom. The molecule has 0 amide bonds. The molecule has 0 bridgehead atoms. The van der Waals surface area contributed by atoms with Gasteiger partial charge in [-0.2, -0.15) is 15.5 Å². The topological polar surface area (TPSA) is 69.7 Å². The molecule has 0 radical (unpaired) electrons. The van der Waals surface area contributed by atoms with Crippen LogP contribution in [-0.2, 0) is 0 Å². The molecule has 2 rings (SSSR count). The van der Waals surface area contributed by atoms with Crippen molar-refractivity contribution in [2.45, 2.75) is 6.92 Å². The minimum Gasteiger partial charge on any atom is -0.477 e. The van der Waals surface area contributed by atoms with Crippen LogP contribution in [0.5, 0.6) is 5.88 Å². The number of hydrogen-bond acceptors (Lipinski definition) is 4. The number of nitriles is 2. The van der Waals surface area contributed by atoms with Crippen molar-refractivity contribution < 1.29 is 4.74 Å². The SMILES string of the molecule is CCOc1nc(Cl)c(C#N)c(-c2ccccc2)c1C#N. The largest absolute Gasteiger partial charge is 0.477 e. The Labute approximate surface area is 121 Å². The van der Waals surface area contributed by atoms with Gasteiger partial charge in [0.05, 0.1) is 12.2 Å². The first-order valence-corrected chi connectivity index (χ1v) is 6.32. The van der Waals surface area contributed by atoms with Crippen LogP contribution in [0.3, 0.4) is 0 Å². The fourth-order valence-electron chi connectivity index (χ4n) is 1.88. The fourth-order valence-corrected chi connectivity index (χ4v) is 2.09. The summed E-state index contributed by atoms with van der Waals surface area (Å²) in [5.74, 6) is 0.151. The summed E-state index contributed by atoms with van der Waals surface area (Å²) < 4.78 is 5.34. The molecule has 1 heterocycles. The van der Waals surface area contributed by atoms with Gasteiger partial charge in [0, 0.05) is 5.56 Å². The van der Waals surface area contributed by atoms with Gasteiger partial charge >= 0.3 is 0 Å². The molecule has 0 unspecified atom stereocenters. The highest BCUT2D eigenvalue weighted by atomic mass is 35.5. The summed E-state index contributed by atoms with van der Waals surface area (Å²) in [6.07, 6.45) is 0. The summed E-state index contributed by atoms with van der Waals surface area (Å²) >= 11 is 6.03. The van der Waals surface area contributed by atoms with Crippen LogP contribution in [0.15, 0.2) is 30.3 Å². The van der Waals surface area contributed by atoms with Gasteiger partial charge in [-0.25, -0.2) is 0 Å². The predicted molar refractivity (Wildman–Crippen MR) is 75.3 cm³/mol. The van der Waals surface area contributed by atoms with Gasteiger partial charge in [-0.05, 0) is 12.5 Å². The predicted octanol–water partition coefficient (Wildman–Crippen LogP) is 3.54. The molecule has 20 heavy (non-hydrogen) atoms. The molecule has 98 valence electrons. The van der Waals surface area contributed by atoms with Crippen molar-refractivity contribution in [3.63, 3.8) is 0 Å². The van der Waals surface area contributed by atoms with Crippen LogP contribution in [0.25, 0.3) is 11.1 Å². The van der Waals surface area contributed by atoms with Crippen molar-refractivity contribution in [3.8, 4) is 29.1 Å². The van der Waals surface area contributed by atoms with Gasteiger partial charge < -0.3 is 4.74 Å². The molecule has 2 aromatic rings. The number of hydrogen-bond donors (Lipinski definition) is 0. The number of benzene rings is 1. The maximum absolute atomic E-state index is 9.38. The van der Waals surface area contributed by atoms with Crippen molar-refractivity contribution in [2.24, 2.45) is 0 Å². The minimum atomic E-state index is 0.0359. The summed E-state index contributed by atoms with van der Waals surface area (Å²) in [5, 5.41) is 18.7. The van der Waals surface area contributed by atoms with Crippen LogP contribution in [-0.4, -0.2) is 11.6 Å². The zero-order valence-corrected chi connectivity index (χ0v) is 11.5. The minimum absolute atomic E-state index is 0.0359. The lowest BCUT2D eigenvalue weighted by Crippen LogP contribution is -2.02. The maximum Gasteiger partial charge on any atom is 0.233 e. The number of nitrogens with zero attached hydrogens (tertiary/aromatic N) is 3. The van der Waals surface area contributed by atoms with E-state index in [0.717, 1.165) is 5.56 Å². The molecule has 1 aromatic heterocycles. The summed E-state index contributed by atoms with van der Waals surface area (Å²) in [5.41, 5.74) is 1.58. The van der Waals surface area contributed by atoms with Crippen LogP contribution in [0.2, 0.25) is 5.15 Å². The van der Waals surface area contributed by atoms with E-state index in [1.165, 1.54) is 0 Å². The first-order valence-electron chi connectivity index (χ1n) is 5.94. The second-order valence-corrected chi connectivity index (χ2v) is 4.21. The average Bonchev–Trinajstić information content (AvgIpc) is 2.48. The van der Waals surface area contributed by atoms with Crippen molar-refractivity contribution in [1.29, 1.82) is 10.5 Å². The van der Waals surface area contributed by atoms with E-state index in [2.05, 4.69) is 11.1 Å². The van der Waals surface area contributed by atoms with E-state index in [-0.39, 0.29) is 22.2 Å². The highest BCUT2D eigenvalue weighted by Crippen LogP contribution is 2.35. The molecule has 1 aromatic carbocycles. The van der Waals surface area contributed by atoms with Crippen molar-refractivity contribution >= 4 is 11.6 Å². The van der Waals surface area contributed by atoms with E-state index in [0.29, 0.717) is 12.2 Å². The molecule has 0 aliphatic rings. The van der Waals surface area contributed by atoms with Crippen molar-refractivity contribution in [2.75, 3.05) is 6.61 Å². The molecule has 0 spiro atoms. The van der Waals surface area contributed by atoms with E-state index in [4.69, 9.17) is 16.3 Å². The van der Waals surface area contributed by atoms with Crippen LogP contribution in [0.1, 0.15) is 18.1 Å². The third kappa shape index (κ3) is 2.42. The fraction of sp³-hybridized carbons (Fsp3) is 0.133. The van der Waals surface area contributed by atoms with Gasteiger partial charge in [-0.15, -0.1) is 0 Å². The van der Waals surface area contributed by atoms with Gasteiger partial charge in [0.25, 0.3) is 0 Å². The molecule has 0 aliphatic heterocycles. The third-order valence-electron chi connectivity index (χ3n) is 2.69. The number of rotatable bonds is 3. The van der Waals surface area contributed by atoms with Crippen LogP contribution in [0.4, 0.5) is 0 Å². The second kappa shape index (κ2) is 6.06. The van der Waals surface area contributed by atoms with Crippen LogP contribution in [0, 0.1) is 22.7 Å². The Morgan fingerprint density at radius 1 is 1.15 bits per heavy atom. The van der Waals surface area contributed by atoms with E-state index >= 15 is 0 Å². The molecule has 0 atom stereocenters. The Bertz CT molecular complexity index is 715. The zero-order chi connectivity index (χ0) is 14.5. The first-order chi connectivity index (χ1) is 9.72.